The van der Waals surface area contributed by atoms with Gasteiger partial charge in [-0.05, 0) is 38.3 Å². The van der Waals surface area contributed by atoms with E-state index in [4.69, 9.17) is 5.11 Å². The van der Waals surface area contributed by atoms with Gasteiger partial charge < -0.3 is 20.3 Å². The van der Waals surface area contributed by atoms with Gasteiger partial charge >= 0.3 is 0 Å². The van der Waals surface area contributed by atoms with Crippen LogP contribution in [0.1, 0.15) is 51.6 Å². The Morgan fingerprint density at radius 1 is 1.21 bits per heavy atom. The molecule has 0 atom stereocenters. The van der Waals surface area contributed by atoms with Crippen LogP contribution in [0.25, 0.3) is 0 Å². The highest BCUT2D eigenvalue weighted by atomic mass is 16.2. The van der Waals surface area contributed by atoms with Gasteiger partial charge in [-0.2, -0.15) is 0 Å². The number of carbonyl (C=O) groups excluding carboxylic acids is 2. The Labute approximate surface area is 164 Å². The number of hydrogen-bond acceptors (Lipinski definition) is 4. The SMILES string of the molecule is CCO.CNC(=O)c1cc(C(=O)NC2CC2)cn(Cc2cccc(C)c2)c1=O. The van der Waals surface area contributed by atoms with Gasteiger partial charge in [-0.1, -0.05) is 29.8 Å². The second-order valence-electron chi connectivity index (χ2n) is 6.71. The summed E-state index contributed by atoms with van der Waals surface area (Å²) >= 11 is 0. The lowest BCUT2D eigenvalue weighted by atomic mass is 10.1. The zero-order chi connectivity index (χ0) is 20.7. The van der Waals surface area contributed by atoms with Crippen LogP contribution in [0.4, 0.5) is 0 Å². The second kappa shape index (κ2) is 9.85. The molecule has 7 heteroatoms. The third kappa shape index (κ3) is 5.79. The summed E-state index contributed by atoms with van der Waals surface area (Å²) in [4.78, 5) is 37.1. The minimum absolute atomic E-state index is 0.0291. The Kier molecular flexibility index (Phi) is 7.52. The number of rotatable bonds is 5. The van der Waals surface area contributed by atoms with Gasteiger partial charge in [0.25, 0.3) is 17.4 Å². The third-order valence-electron chi connectivity index (χ3n) is 4.17. The first-order valence-electron chi connectivity index (χ1n) is 9.33. The van der Waals surface area contributed by atoms with Crippen molar-refractivity contribution in [2.75, 3.05) is 13.7 Å². The number of aliphatic hydroxyl groups is 1. The van der Waals surface area contributed by atoms with Gasteiger partial charge in [0.05, 0.1) is 12.1 Å². The van der Waals surface area contributed by atoms with Gasteiger partial charge in [-0.25, -0.2) is 0 Å². The van der Waals surface area contributed by atoms with Crippen molar-refractivity contribution in [3.63, 3.8) is 0 Å². The largest absolute Gasteiger partial charge is 0.397 e. The summed E-state index contributed by atoms with van der Waals surface area (Å²) < 4.78 is 1.42. The van der Waals surface area contributed by atoms with Crippen LogP contribution in [0.15, 0.2) is 41.3 Å². The van der Waals surface area contributed by atoms with Crippen molar-refractivity contribution in [2.24, 2.45) is 0 Å². The predicted molar refractivity (Wildman–Crippen MR) is 108 cm³/mol. The summed E-state index contributed by atoms with van der Waals surface area (Å²) in [5.74, 6) is -0.755. The molecule has 2 amide bonds. The van der Waals surface area contributed by atoms with Crippen LogP contribution in [-0.4, -0.2) is 41.2 Å². The van der Waals surface area contributed by atoms with Crippen molar-refractivity contribution in [1.29, 1.82) is 0 Å². The van der Waals surface area contributed by atoms with Crippen molar-refractivity contribution in [2.45, 2.75) is 39.3 Å². The van der Waals surface area contributed by atoms with E-state index in [0.717, 1.165) is 24.0 Å². The Morgan fingerprint density at radius 2 is 1.89 bits per heavy atom. The molecule has 0 saturated heterocycles. The highest BCUT2D eigenvalue weighted by Gasteiger charge is 2.25. The maximum absolute atomic E-state index is 12.6. The van der Waals surface area contributed by atoms with Gasteiger partial charge in [0.1, 0.15) is 5.56 Å². The smallest absolute Gasteiger partial charge is 0.263 e. The number of hydrogen-bond donors (Lipinski definition) is 3. The average molecular weight is 385 g/mol. The molecular formula is C21H27N3O4. The van der Waals surface area contributed by atoms with E-state index >= 15 is 0 Å². The molecule has 1 heterocycles. The van der Waals surface area contributed by atoms with Crippen LogP contribution in [0.3, 0.4) is 0 Å². The van der Waals surface area contributed by atoms with E-state index in [1.165, 1.54) is 23.9 Å². The average Bonchev–Trinajstić information content (AvgIpc) is 3.47. The summed E-state index contributed by atoms with van der Waals surface area (Å²) in [5.41, 5.74) is 1.89. The van der Waals surface area contributed by atoms with Gasteiger partial charge in [-0.15, -0.1) is 0 Å². The van der Waals surface area contributed by atoms with Crippen LogP contribution in [0, 0.1) is 6.92 Å². The number of benzene rings is 1. The molecule has 3 N–H and O–H groups in total. The minimum Gasteiger partial charge on any atom is -0.397 e. The first-order valence-corrected chi connectivity index (χ1v) is 9.33. The van der Waals surface area contributed by atoms with Crippen LogP contribution in [0.2, 0.25) is 0 Å². The Hall–Kier alpha value is -2.93. The van der Waals surface area contributed by atoms with E-state index in [1.807, 2.05) is 31.2 Å². The molecule has 150 valence electrons. The Balaban J connectivity index is 0.000000878. The molecule has 1 aliphatic rings. The molecule has 1 aromatic carbocycles. The van der Waals surface area contributed by atoms with E-state index in [-0.39, 0.29) is 24.1 Å². The molecule has 0 unspecified atom stereocenters. The molecule has 1 aliphatic carbocycles. The fraction of sp³-hybridized carbons (Fsp3) is 0.381. The fourth-order valence-electron chi connectivity index (χ4n) is 2.68. The van der Waals surface area contributed by atoms with E-state index in [9.17, 15) is 14.4 Å². The van der Waals surface area contributed by atoms with Gasteiger partial charge in [0.2, 0.25) is 0 Å². The highest BCUT2D eigenvalue weighted by Crippen LogP contribution is 2.19. The second-order valence-corrected chi connectivity index (χ2v) is 6.71. The maximum atomic E-state index is 12.6. The molecule has 0 aliphatic heterocycles. The predicted octanol–water partition coefficient (Wildman–Crippen LogP) is 1.46. The number of aromatic nitrogens is 1. The number of carbonyl (C=O) groups is 2. The number of aryl methyl sites for hydroxylation is 1. The highest BCUT2D eigenvalue weighted by molar-refractivity contribution is 5.99. The standard InChI is InChI=1S/C19H21N3O3.C2H6O/c1-12-4-3-5-13(8-12)10-22-11-14(17(23)21-15-6-7-15)9-16(19(22)25)18(24)20-2;1-2-3/h3-5,8-9,11,15H,6-7,10H2,1-2H3,(H,20,24)(H,21,23);3H,2H2,1H3. The summed E-state index contributed by atoms with van der Waals surface area (Å²) in [6, 6.07) is 9.35. The quantitative estimate of drug-likeness (QED) is 0.725. The van der Waals surface area contributed by atoms with Crippen molar-refractivity contribution in [1.82, 2.24) is 15.2 Å². The summed E-state index contributed by atoms with van der Waals surface area (Å²) in [6.07, 6.45) is 3.46. The summed E-state index contributed by atoms with van der Waals surface area (Å²) in [7, 11) is 1.46. The lowest BCUT2D eigenvalue weighted by molar-refractivity contribution is 0.0950. The molecule has 3 rings (SSSR count). The maximum Gasteiger partial charge on any atom is 0.263 e. The number of pyridine rings is 1. The van der Waals surface area contributed by atoms with E-state index < -0.39 is 11.5 Å². The molecule has 1 aromatic heterocycles. The number of aliphatic hydroxyl groups excluding tert-OH is 1. The van der Waals surface area contributed by atoms with Crippen molar-refractivity contribution in [3.8, 4) is 0 Å². The first kappa shape index (κ1) is 21.4. The Morgan fingerprint density at radius 3 is 2.46 bits per heavy atom. The van der Waals surface area contributed by atoms with Gasteiger partial charge in [0, 0.05) is 25.9 Å². The number of nitrogens with zero attached hydrogens (tertiary/aromatic N) is 1. The van der Waals surface area contributed by atoms with Crippen LogP contribution in [-0.2, 0) is 6.54 Å². The normalized spacial score (nSPS) is 12.6. The van der Waals surface area contributed by atoms with Crippen LogP contribution >= 0.6 is 0 Å². The molecule has 28 heavy (non-hydrogen) atoms. The number of amides is 2. The topological polar surface area (TPSA) is 100 Å². The molecule has 0 spiro atoms. The van der Waals surface area contributed by atoms with Crippen LogP contribution < -0.4 is 16.2 Å². The minimum atomic E-state index is -0.496. The van der Waals surface area contributed by atoms with E-state index in [2.05, 4.69) is 10.6 Å². The lowest BCUT2D eigenvalue weighted by Gasteiger charge is -2.12. The van der Waals surface area contributed by atoms with Gasteiger partial charge in [0.15, 0.2) is 0 Å². The monoisotopic (exact) mass is 385 g/mol. The molecule has 1 saturated carbocycles. The van der Waals surface area contributed by atoms with E-state index in [1.54, 1.807) is 6.92 Å². The van der Waals surface area contributed by atoms with Crippen molar-refractivity contribution < 1.29 is 14.7 Å². The third-order valence-corrected chi connectivity index (χ3v) is 4.17. The molecule has 2 aromatic rings. The number of nitrogens with one attached hydrogen (secondary N) is 2. The molecule has 7 nitrogen and oxygen atoms in total. The summed E-state index contributed by atoms with van der Waals surface area (Å²) in [6.45, 7) is 4.21. The lowest BCUT2D eigenvalue weighted by Crippen LogP contribution is -2.34. The fourth-order valence-corrected chi connectivity index (χ4v) is 2.68. The zero-order valence-corrected chi connectivity index (χ0v) is 16.5. The van der Waals surface area contributed by atoms with Crippen molar-refractivity contribution in [3.05, 3.63) is 69.1 Å². The molecule has 1 fully saturated rings. The van der Waals surface area contributed by atoms with E-state index in [0.29, 0.717) is 12.1 Å². The van der Waals surface area contributed by atoms with Gasteiger partial charge in [-0.3, -0.25) is 14.4 Å². The molecule has 0 bridgehead atoms. The Bertz CT molecular complexity index is 901. The summed E-state index contributed by atoms with van der Waals surface area (Å²) in [5, 5.41) is 12.9. The van der Waals surface area contributed by atoms with Crippen LogP contribution in [0.5, 0.6) is 0 Å². The van der Waals surface area contributed by atoms with Crippen molar-refractivity contribution >= 4 is 11.8 Å². The zero-order valence-electron chi connectivity index (χ0n) is 16.5. The first-order chi connectivity index (χ1) is 13.4. The molecular weight excluding hydrogens is 358 g/mol. The molecule has 0 radical (unpaired) electrons.